The van der Waals surface area contributed by atoms with Crippen LogP contribution in [0.4, 0.5) is 28.4 Å². The molecule has 17 heteroatoms. The maximum absolute atomic E-state index is 14.4. The molecular weight excluding hydrogens is 1070 g/mol. The Bertz CT molecular complexity index is 3250. The molecule has 0 fully saturated rings. The van der Waals surface area contributed by atoms with Crippen LogP contribution < -0.4 is 44.4 Å². The Hall–Kier alpha value is -6.98. The normalized spacial score (nSPS) is 16.9. The summed E-state index contributed by atoms with van der Waals surface area (Å²) in [5.74, 6) is 0.663. The van der Waals surface area contributed by atoms with Crippen molar-refractivity contribution in [2.45, 2.75) is 136 Å². The highest BCUT2D eigenvalue weighted by Gasteiger charge is 2.41. The van der Waals surface area contributed by atoms with E-state index in [0.29, 0.717) is 72.0 Å². The van der Waals surface area contributed by atoms with Crippen molar-refractivity contribution in [1.82, 2.24) is 5.32 Å². The van der Waals surface area contributed by atoms with E-state index in [0.717, 1.165) is 64.5 Å². The number of amides is 4. The molecule has 5 aromatic carbocycles. The van der Waals surface area contributed by atoms with E-state index in [-0.39, 0.29) is 84.0 Å². The standard InChI is InChI=1S/C65H78N6O9S2/c1-11-49(72)19-16-24-81-82-65(6,7)23-22-60(74)67-61(39(2)3)56(73)26-41(5)62(75)66-46-28-42(37-79-57-33-54-50(25-40(57)4)63(76)70-47(35-68(54)8)30-44-17-12-14-20-52(44)70)27-43(29-46)38-80-59-34-55-51(32-58(59)78-10)64(77)71-48(36-69(55)9)31-45-18-13-15-21-53(45)71/h12-15,17-18,20-21,25,27-29,32-34,39,41,47-48,61H,11,16,19,22-24,26,30-31,35-38H2,1-10H3,(H,66,75)(H,67,74)/t41-,47+,48+,61+/m1/s1. The van der Waals surface area contributed by atoms with Gasteiger partial charge in [0.25, 0.3) is 11.8 Å². The van der Waals surface area contributed by atoms with Crippen LogP contribution in [0.2, 0.25) is 0 Å². The summed E-state index contributed by atoms with van der Waals surface area (Å²) in [7, 11) is 8.96. The Morgan fingerprint density at radius 2 is 1.28 bits per heavy atom. The first-order valence-corrected chi connectivity index (χ1v) is 31.0. The van der Waals surface area contributed by atoms with Crippen LogP contribution in [0.3, 0.4) is 0 Å². The molecule has 4 atom stereocenters. The molecule has 0 bridgehead atoms. The number of ketones is 2. The fraction of sp³-hybridized carbons (Fsp3) is 0.446. The molecule has 0 saturated carbocycles. The lowest BCUT2D eigenvalue weighted by atomic mass is 9.92. The van der Waals surface area contributed by atoms with Crippen LogP contribution in [0.1, 0.15) is 129 Å². The SMILES string of the molecule is CCC(=O)CCCSSC(C)(C)CCC(=O)N[C@H](C(=O)C[C@@H](C)C(=O)Nc1cc(COc2cc3c(cc2C)C(=O)N2c4ccccc4C[C@H]2CN3C)cc(COc2cc3c(cc2OC)C(=O)N2c4ccccc4C[C@H]2CN3C)c1)C(C)C. The smallest absolute Gasteiger partial charge is 0.260 e. The van der Waals surface area contributed by atoms with Gasteiger partial charge in [0.05, 0.1) is 47.7 Å². The van der Waals surface area contributed by atoms with Gasteiger partial charge in [0, 0.05) is 98.5 Å². The van der Waals surface area contributed by atoms with Crippen molar-refractivity contribution in [3.63, 3.8) is 0 Å². The van der Waals surface area contributed by atoms with Gasteiger partial charge < -0.3 is 44.4 Å². The molecule has 0 unspecified atom stereocenters. The zero-order valence-electron chi connectivity index (χ0n) is 49.0. The van der Waals surface area contributed by atoms with E-state index in [4.69, 9.17) is 14.2 Å². The van der Waals surface area contributed by atoms with Crippen LogP contribution in [0, 0.1) is 18.8 Å². The molecule has 0 aromatic heterocycles. The summed E-state index contributed by atoms with van der Waals surface area (Å²) in [6.07, 6.45) is 4.27. The zero-order chi connectivity index (χ0) is 58.6. The Labute approximate surface area is 491 Å². The number of carbonyl (C=O) groups is 6. The fourth-order valence-electron chi connectivity index (χ4n) is 11.6. The summed E-state index contributed by atoms with van der Waals surface area (Å²) in [6.45, 7) is 14.9. The van der Waals surface area contributed by atoms with Gasteiger partial charge in [0.1, 0.15) is 24.7 Å². The first kappa shape index (κ1) is 59.6. The monoisotopic (exact) mass is 1150 g/mol. The number of hydrogen-bond donors (Lipinski definition) is 2. The average molecular weight is 1150 g/mol. The molecule has 4 aliphatic rings. The number of para-hydroxylation sites is 2. The number of carbonyl (C=O) groups excluding carboxylic acids is 6. The molecule has 0 aliphatic carbocycles. The highest BCUT2D eigenvalue weighted by Crippen LogP contribution is 2.44. The quantitative estimate of drug-likeness (QED) is 0.0443. The highest BCUT2D eigenvalue weighted by molar-refractivity contribution is 8.77. The summed E-state index contributed by atoms with van der Waals surface area (Å²) in [5.41, 5.74) is 9.51. The van der Waals surface area contributed by atoms with Crippen LogP contribution in [0.15, 0.2) is 91.0 Å². The number of nitrogens with one attached hydrogen (secondary N) is 2. The lowest BCUT2D eigenvalue weighted by Crippen LogP contribution is -2.45. The number of ether oxygens (including phenoxy) is 3. The maximum atomic E-state index is 14.4. The van der Waals surface area contributed by atoms with Crippen molar-refractivity contribution in [3.05, 3.63) is 130 Å². The molecule has 4 heterocycles. The largest absolute Gasteiger partial charge is 0.493 e. The van der Waals surface area contributed by atoms with Gasteiger partial charge in [-0.15, -0.1) is 0 Å². The fourth-order valence-corrected chi connectivity index (χ4v) is 14.3. The lowest BCUT2D eigenvalue weighted by Gasteiger charge is -2.25. The van der Waals surface area contributed by atoms with E-state index in [1.165, 1.54) is 5.56 Å². The minimum Gasteiger partial charge on any atom is -0.493 e. The number of benzene rings is 5. The van der Waals surface area contributed by atoms with E-state index in [9.17, 15) is 28.8 Å². The number of aryl methyl sites for hydroxylation is 1. The third-order valence-electron chi connectivity index (χ3n) is 16.1. The van der Waals surface area contributed by atoms with Gasteiger partial charge in [0.2, 0.25) is 11.8 Å². The first-order valence-electron chi connectivity index (χ1n) is 28.7. The van der Waals surface area contributed by atoms with E-state index in [1.807, 2.05) is 124 Å². The van der Waals surface area contributed by atoms with E-state index in [1.54, 1.807) is 41.7 Å². The number of nitrogens with zero attached hydrogens (tertiary/aromatic N) is 4. The van der Waals surface area contributed by atoms with Crippen molar-refractivity contribution < 1.29 is 43.0 Å². The predicted molar refractivity (Wildman–Crippen MR) is 329 cm³/mol. The minimum absolute atomic E-state index is 0.00261. The second kappa shape index (κ2) is 25.7. The van der Waals surface area contributed by atoms with Gasteiger partial charge in [-0.3, -0.25) is 28.8 Å². The third-order valence-corrected chi connectivity index (χ3v) is 19.6. The Balaban J connectivity index is 0.914. The van der Waals surface area contributed by atoms with E-state index in [2.05, 4.69) is 46.4 Å². The van der Waals surface area contributed by atoms with Gasteiger partial charge in [-0.1, -0.05) is 85.7 Å². The average Bonchev–Trinajstić information content (AvgIpc) is 4.05. The molecule has 82 heavy (non-hydrogen) atoms. The van der Waals surface area contributed by atoms with Crippen molar-refractivity contribution in [2.24, 2.45) is 11.8 Å². The molecule has 0 radical (unpaired) electrons. The van der Waals surface area contributed by atoms with Gasteiger partial charge >= 0.3 is 0 Å². The van der Waals surface area contributed by atoms with E-state index >= 15 is 0 Å². The van der Waals surface area contributed by atoms with Crippen LogP contribution in [-0.4, -0.2) is 98.1 Å². The molecule has 434 valence electrons. The number of Topliss-reactive ketones (excluding diaryl/α,β-unsaturated/α-hetero) is 2. The van der Waals surface area contributed by atoms with Gasteiger partial charge in [-0.2, -0.15) is 0 Å². The number of fused-ring (bicyclic) bond motifs is 8. The Morgan fingerprint density at radius 3 is 1.85 bits per heavy atom. The van der Waals surface area contributed by atoms with Crippen LogP contribution in [0.5, 0.6) is 17.2 Å². The number of methoxy groups -OCH3 is 1. The summed E-state index contributed by atoms with van der Waals surface area (Å²) in [5, 5.41) is 6.06. The lowest BCUT2D eigenvalue weighted by molar-refractivity contribution is -0.131. The summed E-state index contributed by atoms with van der Waals surface area (Å²) in [4.78, 5) is 89.9. The summed E-state index contributed by atoms with van der Waals surface area (Å²) in [6, 6.07) is 28.4. The second-order valence-electron chi connectivity index (χ2n) is 23.4. The molecule has 0 spiro atoms. The van der Waals surface area contributed by atoms with Gasteiger partial charge in [-0.05, 0) is 123 Å². The second-order valence-corrected chi connectivity index (χ2v) is 26.5. The summed E-state index contributed by atoms with van der Waals surface area (Å²) < 4.78 is 18.9. The first-order chi connectivity index (χ1) is 39.2. The minimum atomic E-state index is -0.770. The predicted octanol–water partition coefficient (Wildman–Crippen LogP) is 11.6. The van der Waals surface area contributed by atoms with Crippen LogP contribution >= 0.6 is 21.6 Å². The van der Waals surface area contributed by atoms with Crippen LogP contribution in [0.25, 0.3) is 0 Å². The van der Waals surface area contributed by atoms with Crippen LogP contribution in [-0.2, 0) is 45.2 Å². The number of rotatable bonds is 24. The molecule has 4 aliphatic heterocycles. The van der Waals surface area contributed by atoms with E-state index < -0.39 is 12.0 Å². The Kier molecular flexibility index (Phi) is 18.7. The zero-order valence-corrected chi connectivity index (χ0v) is 50.7. The third kappa shape index (κ3) is 13.4. The van der Waals surface area contributed by atoms with Crippen molar-refractivity contribution in [3.8, 4) is 17.2 Å². The van der Waals surface area contributed by atoms with Gasteiger partial charge in [-0.25, -0.2) is 0 Å². The Morgan fingerprint density at radius 1 is 0.720 bits per heavy atom. The highest BCUT2D eigenvalue weighted by atomic mass is 33.1. The molecule has 2 N–H and O–H groups in total. The summed E-state index contributed by atoms with van der Waals surface area (Å²) >= 11 is 0. The molecule has 4 amide bonds. The molecular formula is C65H78N6O9S2. The number of anilines is 5. The van der Waals surface area contributed by atoms with Gasteiger partial charge in [0.15, 0.2) is 17.3 Å². The van der Waals surface area contributed by atoms with Crippen molar-refractivity contribution in [2.75, 3.05) is 65.0 Å². The van der Waals surface area contributed by atoms with Crippen molar-refractivity contribution >= 4 is 85.2 Å². The number of likely N-dealkylation sites (N-methyl/N-ethyl adjacent to an activating group) is 2. The molecule has 15 nitrogen and oxygen atoms in total. The molecule has 0 saturated heterocycles. The topological polar surface area (TPSA) is 167 Å². The molecule has 9 rings (SSSR count). The van der Waals surface area contributed by atoms with Crippen molar-refractivity contribution in [1.29, 1.82) is 0 Å². The molecule has 5 aromatic rings. The maximum Gasteiger partial charge on any atom is 0.260 e. The number of hydrogen-bond acceptors (Lipinski definition) is 13.